The molecule has 2 N–H and O–H groups in total. The van der Waals surface area contributed by atoms with E-state index in [1.54, 1.807) is 0 Å². The van der Waals surface area contributed by atoms with Crippen LogP contribution in [0.5, 0.6) is 0 Å². The summed E-state index contributed by atoms with van der Waals surface area (Å²) in [4.78, 5) is 2.05. The Labute approximate surface area is 121 Å². The van der Waals surface area contributed by atoms with Crippen LogP contribution in [0.25, 0.3) is 0 Å². The maximum absolute atomic E-state index is 13.6. The first kappa shape index (κ1) is 16.2. The minimum atomic E-state index is -4.55. The Balaban J connectivity index is 2.37. The van der Waals surface area contributed by atoms with Crippen molar-refractivity contribution < 1.29 is 17.6 Å². The third-order valence-electron chi connectivity index (χ3n) is 3.74. The van der Waals surface area contributed by atoms with E-state index in [0.29, 0.717) is 24.0 Å². The molecule has 0 amide bonds. The van der Waals surface area contributed by atoms with Gasteiger partial charge in [-0.25, -0.2) is 4.39 Å². The number of alkyl halides is 3. The summed E-state index contributed by atoms with van der Waals surface area (Å²) >= 11 is 0. The molecule has 1 aliphatic heterocycles. The van der Waals surface area contributed by atoms with Gasteiger partial charge in [-0.1, -0.05) is 13.8 Å². The van der Waals surface area contributed by atoms with Crippen molar-refractivity contribution in [2.75, 3.05) is 13.1 Å². The van der Waals surface area contributed by atoms with E-state index in [2.05, 4.69) is 0 Å². The van der Waals surface area contributed by atoms with Crippen LogP contribution < -0.4 is 5.73 Å². The molecule has 0 aliphatic carbocycles. The molecule has 2 atom stereocenters. The average Bonchev–Trinajstić information content (AvgIpc) is 2.67. The van der Waals surface area contributed by atoms with Crippen LogP contribution in [0.4, 0.5) is 17.6 Å². The van der Waals surface area contributed by atoms with Crippen molar-refractivity contribution in [2.24, 2.45) is 11.7 Å². The van der Waals surface area contributed by atoms with Gasteiger partial charge in [0.1, 0.15) is 5.82 Å². The van der Waals surface area contributed by atoms with Crippen molar-refractivity contribution in [1.82, 2.24) is 4.90 Å². The molecule has 1 aromatic carbocycles. The summed E-state index contributed by atoms with van der Waals surface area (Å²) in [5.74, 6) is -0.503. The summed E-state index contributed by atoms with van der Waals surface area (Å²) in [6.07, 6.45) is -3.85. The summed E-state index contributed by atoms with van der Waals surface area (Å²) in [5.41, 5.74) is 5.40. The fraction of sp³-hybridized carbons (Fsp3) is 0.600. The van der Waals surface area contributed by atoms with Crippen molar-refractivity contribution in [3.05, 3.63) is 35.1 Å². The topological polar surface area (TPSA) is 29.3 Å². The maximum Gasteiger partial charge on any atom is 0.416 e. The Bertz CT molecular complexity index is 499. The second kappa shape index (κ2) is 5.93. The molecule has 0 aromatic heterocycles. The number of nitrogens with zero attached hydrogens (tertiary/aromatic N) is 1. The first-order chi connectivity index (χ1) is 9.68. The van der Waals surface area contributed by atoms with Gasteiger partial charge in [0.15, 0.2) is 0 Å². The van der Waals surface area contributed by atoms with Crippen molar-refractivity contribution in [3.63, 3.8) is 0 Å². The van der Waals surface area contributed by atoms with E-state index in [4.69, 9.17) is 5.73 Å². The quantitative estimate of drug-likeness (QED) is 0.865. The fourth-order valence-corrected chi connectivity index (χ4v) is 2.96. The summed E-state index contributed by atoms with van der Waals surface area (Å²) in [7, 11) is 0. The van der Waals surface area contributed by atoms with Gasteiger partial charge in [-0.2, -0.15) is 13.2 Å². The Morgan fingerprint density at radius 2 is 1.95 bits per heavy atom. The molecule has 2 unspecified atom stereocenters. The highest BCUT2D eigenvalue weighted by Crippen LogP contribution is 2.36. The number of nitrogens with two attached hydrogens (primary N) is 1. The summed E-state index contributed by atoms with van der Waals surface area (Å²) in [6.45, 7) is 5.53. The molecular formula is C15H20F4N2. The third kappa shape index (κ3) is 3.74. The largest absolute Gasteiger partial charge is 0.416 e. The highest BCUT2D eigenvalue weighted by Gasteiger charge is 2.36. The van der Waals surface area contributed by atoms with Crippen LogP contribution in [0, 0.1) is 11.7 Å². The fourth-order valence-electron chi connectivity index (χ4n) is 2.96. The molecule has 2 rings (SSSR count). The second-order valence-electron chi connectivity index (χ2n) is 6.06. The van der Waals surface area contributed by atoms with E-state index in [1.165, 1.54) is 6.07 Å². The summed E-state index contributed by atoms with van der Waals surface area (Å²) in [6, 6.07) is 2.08. The van der Waals surface area contributed by atoms with Crippen LogP contribution in [0.2, 0.25) is 0 Å². The van der Waals surface area contributed by atoms with Gasteiger partial charge in [0.05, 0.1) is 11.6 Å². The molecule has 2 nitrogen and oxygen atoms in total. The minimum Gasteiger partial charge on any atom is -0.326 e. The van der Waals surface area contributed by atoms with Gasteiger partial charge in [-0.3, -0.25) is 4.90 Å². The van der Waals surface area contributed by atoms with Crippen LogP contribution in [0.15, 0.2) is 18.2 Å². The van der Waals surface area contributed by atoms with Gasteiger partial charge >= 0.3 is 6.18 Å². The van der Waals surface area contributed by atoms with Gasteiger partial charge in [0.25, 0.3) is 0 Å². The Hall–Kier alpha value is -1.14. The molecule has 1 aromatic rings. The summed E-state index contributed by atoms with van der Waals surface area (Å²) < 4.78 is 52.1. The van der Waals surface area contributed by atoms with E-state index >= 15 is 0 Å². The molecule has 21 heavy (non-hydrogen) atoms. The molecule has 0 saturated carbocycles. The van der Waals surface area contributed by atoms with Gasteiger partial charge in [-0.15, -0.1) is 0 Å². The van der Waals surface area contributed by atoms with E-state index in [9.17, 15) is 17.6 Å². The Kier molecular flexibility index (Phi) is 4.58. The molecule has 0 spiro atoms. The van der Waals surface area contributed by atoms with Crippen LogP contribution in [-0.4, -0.2) is 24.0 Å². The number of halogens is 4. The molecule has 6 heteroatoms. The number of hydrogen-bond donors (Lipinski definition) is 1. The monoisotopic (exact) mass is 304 g/mol. The summed E-state index contributed by atoms with van der Waals surface area (Å²) in [5, 5.41) is 0. The minimum absolute atomic E-state index is 0.272. The molecule has 1 heterocycles. The van der Waals surface area contributed by atoms with Gasteiger partial charge < -0.3 is 5.73 Å². The smallest absolute Gasteiger partial charge is 0.326 e. The standard InChI is InChI=1S/C15H20F4N2/c1-9(2)8-21-4-3-13(20)14(21)10-5-11(15(17,18)19)7-12(16)6-10/h5-7,9,13-14H,3-4,8,20H2,1-2H3. The Morgan fingerprint density at radius 1 is 1.29 bits per heavy atom. The number of rotatable bonds is 3. The van der Waals surface area contributed by atoms with Crippen molar-refractivity contribution in [2.45, 2.75) is 38.5 Å². The molecule has 1 aliphatic rings. The van der Waals surface area contributed by atoms with E-state index in [1.807, 2.05) is 18.7 Å². The highest BCUT2D eigenvalue weighted by atomic mass is 19.4. The van der Waals surface area contributed by atoms with Gasteiger partial charge in [0.2, 0.25) is 0 Å². The Morgan fingerprint density at radius 3 is 2.52 bits per heavy atom. The van der Waals surface area contributed by atoms with Crippen LogP contribution in [-0.2, 0) is 6.18 Å². The predicted octanol–water partition coefficient (Wildman–Crippen LogP) is 3.57. The molecule has 0 bridgehead atoms. The lowest BCUT2D eigenvalue weighted by atomic mass is 9.98. The highest BCUT2D eigenvalue weighted by molar-refractivity contribution is 5.30. The lowest BCUT2D eigenvalue weighted by Crippen LogP contribution is -2.34. The molecular weight excluding hydrogens is 284 g/mol. The van der Waals surface area contributed by atoms with Gasteiger partial charge in [0, 0.05) is 19.1 Å². The normalized spacial score (nSPS) is 24.0. The predicted molar refractivity (Wildman–Crippen MR) is 73.1 cm³/mol. The van der Waals surface area contributed by atoms with Crippen molar-refractivity contribution in [3.8, 4) is 0 Å². The second-order valence-corrected chi connectivity index (χ2v) is 6.06. The van der Waals surface area contributed by atoms with Crippen LogP contribution in [0.1, 0.15) is 37.4 Å². The SMILES string of the molecule is CC(C)CN1CCC(N)C1c1cc(F)cc(C(F)(F)F)c1. The lowest BCUT2D eigenvalue weighted by molar-refractivity contribution is -0.137. The first-order valence-corrected chi connectivity index (χ1v) is 7.06. The molecule has 1 fully saturated rings. The van der Waals surface area contributed by atoms with E-state index in [-0.39, 0.29) is 12.1 Å². The zero-order valence-electron chi connectivity index (χ0n) is 12.1. The molecule has 118 valence electrons. The number of likely N-dealkylation sites (tertiary alicyclic amines) is 1. The van der Waals surface area contributed by atoms with E-state index in [0.717, 1.165) is 19.2 Å². The van der Waals surface area contributed by atoms with Crippen LogP contribution >= 0.6 is 0 Å². The van der Waals surface area contributed by atoms with Gasteiger partial charge in [-0.05, 0) is 36.1 Å². The lowest BCUT2D eigenvalue weighted by Gasteiger charge is -2.29. The maximum atomic E-state index is 13.6. The van der Waals surface area contributed by atoms with Crippen molar-refractivity contribution >= 4 is 0 Å². The average molecular weight is 304 g/mol. The zero-order valence-corrected chi connectivity index (χ0v) is 12.1. The molecule has 1 saturated heterocycles. The van der Waals surface area contributed by atoms with Crippen LogP contribution in [0.3, 0.4) is 0 Å². The third-order valence-corrected chi connectivity index (χ3v) is 3.74. The van der Waals surface area contributed by atoms with E-state index < -0.39 is 17.6 Å². The first-order valence-electron chi connectivity index (χ1n) is 7.06. The van der Waals surface area contributed by atoms with Crippen molar-refractivity contribution in [1.29, 1.82) is 0 Å². The molecule has 0 radical (unpaired) electrons. The number of hydrogen-bond acceptors (Lipinski definition) is 2. The number of benzene rings is 1. The zero-order chi connectivity index (χ0) is 15.8.